The van der Waals surface area contributed by atoms with Gasteiger partial charge in [0.2, 0.25) is 5.91 Å². The summed E-state index contributed by atoms with van der Waals surface area (Å²) in [5, 5.41) is 16.9. The molecule has 8 nitrogen and oxygen atoms in total. The maximum Gasteiger partial charge on any atom is 0.293 e. The van der Waals surface area contributed by atoms with Crippen LogP contribution < -0.4 is 10.6 Å². The normalized spacial score (nSPS) is 10.2. The van der Waals surface area contributed by atoms with Crippen molar-refractivity contribution in [2.45, 2.75) is 0 Å². The first kappa shape index (κ1) is 20.5. The predicted molar refractivity (Wildman–Crippen MR) is 105 cm³/mol. The number of para-hydroxylation sites is 1. The van der Waals surface area contributed by atoms with Crippen LogP contribution in [-0.4, -0.2) is 42.3 Å². The topological polar surface area (TPSA) is 105 Å². The second-order valence-corrected chi connectivity index (χ2v) is 6.36. The summed E-state index contributed by atoms with van der Waals surface area (Å²) in [6, 6.07) is 8.81. The number of anilines is 2. The van der Waals surface area contributed by atoms with Crippen LogP contribution in [0.1, 0.15) is 10.4 Å². The molecule has 0 aliphatic carbocycles. The Morgan fingerprint density at radius 3 is 2.37 bits per heavy atom. The molecule has 0 unspecified atom stereocenters. The van der Waals surface area contributed by atoms with Gasteiger partial charge in [-0.25, -0.2) is 0 Å². The number of nitrogens with zero attached hydrogens (tertiary/aromatic N) is 2. The zero-order valence-electron chi connectivity index (χ0n) is 14.5. The van der Waals surface area contributed by atoms with E-state index in [0.717, 1.165) is 11.0 Å². The number of benzene rings is 2. The summed E-state index contributed by atoms with van der Waals surface area (Å²) in [7, 11) is 2.95. The lowest BCUT2D eigenvalue weighted by Crippen LogP contribution is -2.35. The highest BCUT2D eigenvalue weighted by atomic mass is 35.5. The average Bonchev–Trinajstić information content (AvgIpc) is 2.63. The molecule has 0 aromatic heterocycles. The molecule has 0 atom stereocenters. The van der Waals surface area contributed by atoms with Gasteiger partial charge in [0.1, 0.15) is 5.69 Å². The van der Waals surface area contributed by atoms with Gasteiger partial charge in [-0.3, -0.25) is 19.7 Å². The third-order valence-electron chi connectivity index (χ3n) is 3.67. The second kappa shape index (κ2) is 8.70. The number of likely N-dealkylation sites (N-methyl/N-ethyl adjacent to an activating group) is 1. The molecule has 27 heavy (non-hydrogen) atoms. The molecular weight excluding hydrogens is 395 g/mol. The molecule has 0 saturated heterocycles. The number of nitrogens with one attached hydrogen (secondary N) is 2. The van der Waals surface area contributed by atoms with Gasteiger partial charge >= 0.3 is 0 Å². The van der Waals surface area contributed by atoms with Gasteiger partial charge in [0.05, 0.1) is 27.2 Å². The smallest absolute Gasteiger partial charge is 0.293 e. The molecule has 0 heterocycles. The molecule has 2 aromatic carbocycles. The Balaban J connectivity index is 2.12. The number of nitro groups is 1. The van der Waals surface area contributed by atoms with Crippen LogP contribution in [0.15, 0.2) is 36.4 Å². The summed E-state index contributed by atoms with van der Waals surface area (Å²) in [5.41, 5.74) is 0.391. The van der Waals surface area contributed by atoms with E-state index in [1.807, 2.05) is 0 Å². The van der Waals surface area contributed by atoms with Crippen molar-refractivity contribution in [1.29, 1.82) is 0 Å². The van der Waals surface area contributed by atoms with Gasteiger partial charge in [-0.05, 0) is 24.3 Å². The van der Waals surface area contributed by atoms with Crippen LogP contribution in [-0.2, 0) is 4.79 Å². The first-order valence-electron chi connectivity index (χ1n) is 7.70. The van der Waals surface area contributed by atoms with E-state index in [-0.39, 0.29) is 39.2 Å². The molecule has 2 N–H and O–H groups in total. The minimum Gasteiger partial charge on any atom is -0.383 e. The first-order chi connectivity index (χ1) is 12.7. The van der Waals surface area contributed by atoms with Crippen LogP contribution >= 0.6 is 23.2 Å². The van der Waals surface area contributed by atoms with Crippen molar-refractivity contribution in [2.24, 2.45) is 0 Å². The van der Waals surface area contributed by atoms with Crippen molar-refractivity contribution >= 4 is 52.1 Å². The fourth-order valence-electron chi connectivity index (χ4n) is 2.33. The lowest BCUT2D eigenvalue weighted by Gasteiger charge is -2.18. The molecule has 0 bridgehead atoms. The maximum absolute atomic E-state index is 12.5. The third-order valence-corrected chi connectivity index (χ3v) is 4.30. The zero-order valence-corrected chi connectivity index (χ0v) is 16.0. The molecule has 10 heteroatoms. The van der Waals surface area contributed by atoms with E-state index in [1.54, 1.807) is 25.2 Å². The van der Waals surface area contributed by atoms with Crippen LogP contribution in [0.3, 0.4) is 0 Å². The number of rotatable bonds is 6. The molecule has 0 aliphatic rings. The Hall–Kier alpha value is -2.84. The minimum absolute atomic E-state index is 0.0896. The zero-order chi connectivity index (χ0) is 20.1. The van der Waals surface area contributed by atoms with Crippen molar-refractivity contribution in [2.75, 3.05) is 31.3 Å². The fraction of sp³-hybridized carbons (Fsp3) is 0.176. The summed E-state index contributed by atoms with van der Waals surface area (Å²) < 4.78 is 0. The molecule has 2 rings (SSSR count). The number of hydrogen-bond donors (Lipinski definition) is 2. The number of amides is 2. The number of carbonyl (C=O) groups is 2. The van der Waals surface area contributed by atoms with Gasteiger partial charge in [0.15, 0.2) is 0 Å². The Bertz CT molecular complexity index is 884. The summed E-state index contributed by atoms with van der Waals surface area (Å²) in [4.78, 5) is 36.4. The Morgan fingerprint density at radius 1 is 1.19 bits per heavy atom. The lowest BCUT2D eigenvalue weighted by molar-refractivity contribution is -0.384. The van der Waals surface area contributed by atoms with Gasteiger partial charge in [-0.15, -0.1) is 0 Å². The van der Waals surface area contributed by atoms with Crippen LogP contribution in [0.5, 0.6) is 0 Å². The molecule has 142 valence electrons. The van der Waals surface area contributed by atoms with Crippen molar-refractivity contribution < 1.29 is 14.5 Å². The first-order valence-corrected chi connectivity index (χ1v) is 8.45. The van der Waals surface area contributed by atoms with E-state index in [4.69, 9.17) is 23.2 Å². The van der Waals surface area contributed by atoms with E-state index in [9.17, 15) is 19.7 Å². The number of nitro benzene ring substituents is 1. The van der Waals surface area contributed by atoms with Crippen molar-refractivity contribution in [1.82, 2.24) is 4.90 Å². The highest BCUT2D eigenvalue weighted by Gasteiger charge is 2.21. The number of halogens is 2. The molecule has 0 spiro atoms. The standard InChI is InChI=1S/C17H16Cl2N4O4/c1-20-13-7-6-10(8-14(13)23(26)27)17(25)22(2)9-15(24)21-16-11(18)4-3-5-12(16)19/h3-8,20H,9H2,1-2H3,(H,21,24). The summed E-state index contributed by atoms with van der Waals surface area (Å²) in [6.07, 6.45) is 0. The summed E-state index contributed by atoms with van der Waals surface area (Å²) >= 11 is 12.0. The van der Waals surface area contributed by atoms with E-state index in [2.05, 4.69) is 10.6 Å². The second-order valence-electron chi connectivity index (χ2n) is 5.55. The number of carbonyl (C=O) groups excluding carboxylic acids is 2. The van der Waals surface area contributed by atoms with Gasteiger partial charge in [-0.2, -0.15) is 0 Å². The van der Waals surface area contributed by atoms with E-state index >= 15 is 0 Å². The predicted octanol–water partition coefficient (Wildman–Crippen LogP) is 3.65. The van der Waals surface area contributed by atoms with E-state index in [1.165, 1.54) is 19.2 Å². The minimum atomic E-state index is -0.589. The fourth-order valence-corrected chi connectivity index (χ4v) is 2.82. The maximum atomic E-state index is 12.5. The summed E-state index contributed by atoms with van der Waals surface area (Å²) in [5.74, 6) is -1.05. The Kier molecular flexibility index (Phi) is 6.59. The van der Waals surface area contributed by atoms with Crippen LogP contribution in [0.25, 0.3) is 0 Å². The van der Waals surface area contributed by atoms with Gasteiger partial charge in [0, 0.05) is 25.7 Å². The highest BCUT2D eigenvalue weighted by Crippen LogP contribution is 2.30. The highest BCUT2D eigenvalue weighted by molar-refractivity contribution is 6.39. The molecular formula is C17H16Cl2N4O4. The monoisotopic (exact) mass is 410 g/mol. The molecule has 0 aliphatic heterocycles. The van der Waals surface area contributed by atoms with Crippen molar-refractivity contribution in [3.63, 3.8) is 0 Å². The van der Waals surface area contributed by atoms with Gasteiger partial charge in [0.25, 0.3) is 11.6 Å². The lowest BCUT2D eigenvalue weighted by atomic mass is 10.1. The van der Waals surface area contributed by atoms with Gasteiger partial charge < -0.3 is 15.5 Å². The van der Waals surface area contributed by atoms with Crippen molar-refractivity contribution in [3.05, 3.63) is 62.1 Å². The van der Waals surface area contributed by atoms with Crippen LogP contribution in [0, 0.1) is 10.1 Å². The Labute approximate surface area is 165 Å². The number of hydrogen-bond acceptors (Lipinski definition) is 5. The van der Waals surface area contributed by atoms with Crippen LogP contribution in [0.2, 0.25) is 10.0 Å². The molecule has 0 fully saturated rings. The van der Waals surface area contributed by atoms with E-state index in [0.29, 0.717) is 0 Å². The summed E-state index contributed by atoms with van der Waals surface area (Å²) in [6.45, 7) is -0.290. The quantitative estimate of drug-likeness (QED) is 0.558. The van der Waals surface area contributed by atoms with Gasteiger partial charge in [-0.1, -0.05) is 29.3 Å². The average molecular weight is 411 g/mol. The van der Waals surface area contributed by atoms with Crippen molar-refractivity contribution in [3.8, 4) is 0 Å². The molecule has 2 aromatic rings. The largest absolute Gasteiger partial charge is 0.383 e. The molecule has 0 saturated carbocycles. The molecule has 0 radical (unpaired) electrons. The Morgan fingerprint density at radius 2 is 1.81 bits per heavy atom. The molecule has 2 amide bonds. The SMILES string of the molecule is CNc1ccc(C(=O)N(C)CC(=O)Nc2c(Cl)cccc2Cl)cc1[N+](=O)[O-]. The van der Waals surface area contributed by atoms with Crippen LogP contribution in [0.4, 0.5) is 17.1 Å². The third kappa shape index (κ3) is 4.87. The van der Waals surface area contributed by atoms with E-state index < -0.39 is 16.7 Å².